The highest BCUT2D eigenvalue weighted by Gasteiger charge is 2.47. The number of hydrogen-bond donors (Lipinski definition) is 2. The maximum Gasteiger partial charge on any atom is 0.326 e. The van der Waals surface area contributed by atoms with E-state index in [0.717, 1.165) is 25.7 Å². The van der Waals surface area contributed by atoms with Crippen molar-refractivity contribution >= 4 is 17.8 Å². The lowest BCUT2D eigenvalue weighted by Crippen LogP contribution is -2.52. The summed E-state index contributed by atoms with van der Waals surface area (Å²) < 4.78 is 0. The quantitative estimate of drug-likeness (QED) is 0.708. The maximum absolute atomic E-state index is 13.2. The fraction of sp³-hybridized carbons (Fsp3) is 0.500. The van der Waals surface area contributed by atoms with Crippen molar-refractivity contribution in [3.05, 3.63) is 48.6 Å². The number of nitrogens with one attached hydrogen (secondary N) is 1. The lowest BCUT2D eigenvalue weighted by molar-refractivity contribution is -0.142. The normalized spacial score (nSPS) is 24.9. The van der Waals surface area contributed by atoms with Crippen molar-refractivity contribution in [2.45, 2.75) is 63.1 Å². The van der Waals surface area contributed by atoms with Gasteiger partial charge in [-0.2, -0.15) is 0 Å². The number of nitrogens with zero attached hydrogens (tertiary/aromatic N) is 1. The highest BCUT2D eigenvalue weighted by atomic mass is 16.4. The molecule has 28 heavy (non-hydrogen) atoms. The predicted octanol–water partition coefficient (Wildman–Crippen LogP) is 3.00. The first-order valence-corrected chi connectivity index (χ1v) is 10.0. The second-order valence-electron chi connectivity index (χ2n) is 7.71. The number of fused-ring (bicyclic) bond motifs is 1. The van der Waals surface area contributed by atoms with Crippen LogP contribution in [0.25, 0.3) is 0 Å². The summed E-state index contributed by atoms with van der Waals surface area (Å²) in [4.78, 5) is 39.5. The number of carboxylic acids is 1. The molecule has 3 rings (SSSR count). The molecule has 4 atom stereocenters. The molecule has 0 aromatic heterocycles. The fourth-order valence-corrected chi connectivity index (χ4v) is 4.53. The van der Waals surface area contributed by atoms with Crippen molar-refractivity contribution in [2.75, 3.05) is 0 Å². The van der Waals surface area contributed by atoms with Gasteiger partial charge in [0.05, 0.1) is 0 Å². The molecule has 2 N–H and O–H groups in total. The van der Waals surface area contributed by atoms with Crippen LogP contribution in [-0.2, 0) is 9.59 Å². The van der Waals surface area contributed by atoms with Gasteiger partial charge in [-0.05, 0) is 50.2 Å². The summed E-state index contributed by atoms with van der Waals surface area (Å²) in [6.45, 7) is 3.61. The molecule has 1 heterocycles. The van der Waals surface area contributed by atoms with Crippen LogP contribution in [0.15, 0.2) is 43.0 Å². The van der Waals surface area contributed by atoms with Gasteiger partial charge in [0.25, 0.3) is 5.91 Å². The summed E-state index contributed by atoms with van der Waals surface area (Å²) in [5.74, 6) is -1.27. The van der Waals surface area contributed by atoms with Crippen LogP contribution in [0.4, 0.5) is 0 Å². The molecule has 1 saturated carbocycles. The molecule has 0 spiro atoms. The van der Waals surface area contributed by atoms with Crippen molar-refractivity contribution in [1.29, 1.82) is 0 Å². The number of carboxylic acid groups (broad SMARTS) is 1. The Morgan fingerprint density at radius 1 is 1.21 bits per heavy atom. The van der Waals surface area contributed by atoms with Crippen molar-refractivity contribution in [3.63, 3.8) is 0 Å². The zero-order chi connectivity index (χ0) is 20.1. The highest BCUT2D eigenvalue weighted by molar-refractivity contribution is 5.98. The second kappa shape index (κ2) is 9.04. The highest BCUT2D eigenvalue weighted by Crippen LogP contribution is 2.40. The van der Waals surface area contributed by atoms with E-state index in [4.69, 9.17) is 0 Å². The second-order valence-corrected chi connectivity index (χ2v) is 7.71. The van der Waals surface area contributed by atoms with Gasteiger partial charge in [-0.1, -0.05) is 37.1 Å². The van der Waals surface area contributed by atoms with E-state index in [-0.39, 0.29) is 24.3 Å². The van der Waals surface area contributed by atoms with Crippen LogP contribution in [0.1, 0.15) is 55.3 Å². The topological polar surface area (TPSA) is 86.7 Å². The Labute approximate surface area is 165 Å². The Kier molecular flexibility index (Phi) is 6.49. The Balaban J connectivity index is 1.82. The van der Waals surface area contributed by atoms with Crippen molar-refractivity contribution in [3.8, 4) is 0 Å². The van der Waals surface area contributed by atoms with E-state index < -0.39 is 18.1 Å². The molecule has 2 aliphatic rings. The lowest BCUT2D eigenvalue weighted by atomic mass is 9.84. The first kappa shape index (κ1) is 20.1. The molecule has 150 valence electrons. The van der Waals surface area contributed by atoms with Gasteiger partial charge in [-0.3, -0.25) is 9.59 Å². The molecule has 6 heteroatoms. The molecule has 1 saturated heterocycles. The minimum absolute atomic E-state index is 0.0497. The molecular formula is C22H28N2O4. The van der Waals surface area contributed by atoms with Gasteiger partial charge in [-0.25, -0.2) is 4.79 Å². The summed E-state index contributed by atoms with van der Waals surface area (Å²) in [6, 6.07) is 7.46. The van der Waals surface area contributed by atoms with Crippen LogP contribution in [0.2, 0.25) is 0 Å². The SMILES string of the molecule is C=CCCC(NC(=O)C1CC2CCCCC2N1C(=O)c1ccccc1)C(=O)O. The Morgan fingerprint density at radius 2 is 1.93 bits per heavy atom. The van der Waals surface area contributed by atoms with Gasteiger partial charge in [0.1, 0.15) is 12.1 Å². The van der Waals surface area contributed by atoms with Crippen molar-refractivity contribution < 1.29 is 19.5 Å². The number of rotatable bonds is 7. The molecule has 2 fully saturated rings. The predicted molar refractivity (Wildman–Crippen MR) is 106 cm³/mol. The first-order valence-electron chi connectivity index (χ1n) is 10.0. The minimum Gasteiger partial charge on any atom is -0.480 e. The summed E-state index contributed by atoms with van der Waals surface area (Å²) >= 11 is 0. The van der Waals surface area contributed by atoms with Gasteiger partial charge in [0.15, 0.2) is 0 Å². The molecule has 1 aliphatic heterocycles. The number of benzene rings is 1. The van der Waals surface area contributed by atoms with Crippen molar-refractivity contribution in [1.82, 2.24) is 10.2 Å². The maximum atomic E-state index is 13.2. The standard InChI is InChI=1S/C22H28N2O4/c1-2-3-12-17(22(27)28)23-20(25)19-14-16-11-7-8-13-18(16)24(19)21(26)15-9-5-4-6-10-15/h2,4-6,9-10,16-19H,1,3,7-8,11-14H2,(H,23,25)(H,27,28). The van der Waals surface area contributed by atoms with Gasteiger partial charge in [0.2, 0.25) is 5.91 Å². The number of amides is 2. The summed E-state index contributed by atoms with van der Waals surface area (Å²) in [7, 11) is 0. The zero-order valence-electron chi connectivity index (χ0n) is 16.0. The third kappa shape index (κ3) is 4.26. The molecule has 0 bridgehead atoms. The third-order valence-corrected chi connectivity index (χ3v) is 5.92. The molecule has 0 radical (unpaired) electrons. The number of likely N-dealkylation sites (tertiary alicyclic amines) is 1. The van der Waals surface area contributed by atoms with E-state index in [2.05, 4.69) is 11.9 Å². The van der Waals surface area contributed by atoms with Crippen LogP contribution in [0.3, 0.4) is 0 Å². The van der Waals surface area contributed by atoms with Gasteiger partial charge in [0, 0.05) is 11.6 Å². The van der Waals surface area contributed by atoms with Crippen LogP contribution >= 0.6 is 0 Å². The molecule has 1 aliphatic carbocycles. The molecule has 1 aromatic rings. The number of aliphatic carboxylic acids is 1. The van der Waals surface area contributed by atoms with E-state index >= 15 is 0 Å². The zero-order valence-corrected chi connectivity index (χ0v) is 16.0. The molecule has 6 nitrogen and oxygen atoms in total. The third-order valence-electron chi connectivity index (χ3n) is 5.92. The minimum atomic E-state index is -1.06. The van der Waals surface area contributed by atoms with E-state index in [0.29, 0.717) is 24.3 Å². The summed E-state index contributed by atoms with van der Waals surface area (Å²) in [5, 5.41) is 12.1. The smallest absolute Gasteiger partial charge is 0.326 e. The van der Waals surface area contributed by atoms with E-state index in [1.54, 1.807) is 23.1 Å². The fourth-order valence-electron chi connectivity index (χ4n) is 4.53. The van der Waals surface area contributed by atoms with Crippen molar-refractivity contribution in [2.24, 2.45) is 5.92 Å². The monoisotopic (exact) mass is 384 g/mol. The van der Waals surface area contributed by atoms with Crippen LogP contribution in [0.5, 0.6) is 0 Å². The Bertz CT molecular complexity index is 733. The molecular weight excluding hydrogens is 356 g/mol. The number of allylic oxidation sites excluding steroid dienone is 1. The molecule has 2 amide bonds. The van der Waals surface area contributed by atoms with Gasteiger partial charge in [-0.15, -0.1) is 6.58 Å². The van der Waals surface area contributed by atoms with Crippen LogP contribution in [0, 0.1) is 5.92 Å². The van der Waals surface area contributed by atoms with E-state index in [9.17, 15) is 19.5 Å². The van der Waals surface area contributed by atoms with Gasteiger partial charge >= 0.3 is 5.97 Å². The van der Waals surface area contributed by atoms with E-state index in [1.807, 2.05) is 18.2 Å². The Hall–Kier alpha value is -2.63. The first-order chi connectivity index (χ1) is 13.5. The summed E-state index contributed by atoms with van der Waals surface area (Å²) in [6.07, 6.45) is 7.08. The Morgan fingerprint density at radius 3 is 2.61 bits per heavy atom. The average molecular weight is 384 g/mol. The van der Waals surface area contributed by atoms with Crippen LogP contribution in [-0.4, -0.2) is 45.9 Å². The number of carbonyl (C=O) groups excluding carboxylic acids is 2. The number of hydrogen-bond acceptors (Lipinski definition) is 3. The van der Waals surface area contributed by atoms with Gasteiger partial charge < -0.3 is 15.3 Å². The largest absolute Gasteiger partial charge is 0.480 e. The average Bonchev–Trinajstić information content (AvgIpc) is 3.10. The summed E-state index contributed by atoms with van der Waals surface area (Å²) in [5.41, 5.74) is 0.563. The lowest BCUT2D eigenvalue weighted by Gasteiger charge is -2.34. The number of carbonyl (C=O) groups is 3. The molecule has 4 unspecified atom stereocenters. The molecule has 1 aromatic carbocycles. The van der Waals surface area contributed by atoms with E-state index in [1.165, 1.54) is 0 Å². The van der Waals surface area contributed by atoms with Crippen LogP contribution < -0.4 is 5.32 Å².